The molecule has 4 N–H and O–H groups in total. The van der Waals surface area contributed by atoms with Crippen LogP contribution in [-0.4, -0.2) is 16.3 Å². The van der Waals surface area contributed by atoms with E-state index in [0.29, 0.717) is 5.56 Å². The zero-order chi connectivity index (χ0) is 10.0. The summed E-state index contributed by atoms with van der Waals surface area (Å²) in [6.45, 7) is 1.60. The molecule has 1 aromatic carbocycles. The highest BCUT2D eigenvalue weighted by molar-refractivity contribution is 6.32. The number of hydrogen-bond donors (Lipinski definition) is 3. The molecular weight excluding hydrogens is 190 g/mol. The van der Waals surface area contributed by atoms with Crippen molar-refractivity contribution in [3.05, 3.63) is 28.8 Å². The van der Waals surface area contributed by atoms with Crippen LogP contribution >= 0.6 is 11.6 Å². The van der Waals surface area contributed by atoms with E-state index in [1.807, 2.05) is 0 Å². The van der Waals surface area contributed by atoms with Crippen LogP contribution in [0.25, 0.3) is 0 Å². The fraction of sp³-hybridized carbons (Fsp3) is 0.333. The number of hydrogen-bond acceptors (Lipinski definition) is 3. The van der Waals surface area contributed by atoms with Crippen LogP contribution in [0.1, 0.15) is 18.5 Å². The number of aliphatic hydroxyl groups excluding tert-OH is 1. The number of benzene rings is 1. The first kappa shape index (κ1) is 10.3. The Morgan fingerprint density at radius 1 is 1.46 bits per heavy atom. The van der Waals surface area contributed by atoms with Crippen molar-refractivity contribution in [1.82, 2.24) is 0 Å². The van der Waals surface area contributed by atoms with Crippen LogP contribution in [-0.2, 0) is 0 Å². The second kappa shape index (κ2) is 3.96. The van der Waals surface area contributed by atoms with Crippen molar-refractivity contribution >= 4 is 11.6 Å². The number of halogens is 1. The van der Waals surface area contributed by atoms with Crippen LogP contribution in [0, 0.1) is 0 Å². The van der Waals surface area contributed by atoms with Crippen molar-refractivity contribution in [2.75, 3.05) is 0 Å². The maximum atomic E-state index is 9.20. The second-order valence-electron chi connectivity index (χ2n) is 2.98. The van der Waals surface area contributed by atoms with Crippen LogP contribution < -0.4 is 5.73 Å². The zero-order valence-electron chi connectivity index (χ0n) is 7.24. The van der Waals surface area contributed by atoms with Crippen LogP contribution in [0.15, 0.2) is 18.2 Å². The van der Waals surface area contributed by atoms with Gasteiger partial charge in [-0.2, -0.15) is 0 Å². The fourth-order valence-electron chi connectivity index (χ4n) is 1.01. The third kappa shape index (κ3) is 2.34. The minimum Gasteiger partial charge on any atom is -0.506 e. The van der Waals surface area contributed by atoms with Crippen molar-refractivity contribution < 1.29 is 10.2 Å². The second-order valence-corrected chi connectivity index (χ2v) is 3.38. The van der Waals surface area contributed by atoms with Gasteiger partial charge in [0.25, 0.3) is 0 Å². The Morgan fingerprint density at radius 2 is 2.08 bits per heavy atom. The topological polar surface area (TPSA) is 66.5 Å². The van der Waals surface area contributed by atoms with E-state index in [1.54, 1.807) is 19.1 Å². The number of aliphatic hydroxyl groups is 1. The Hall–Kier alpha value is -0.770. The monoisotopic (exact) mass is 201 g/mol. The summed E-state index contributed by atoms with van der Waals surface area (Å²) in [5, 5.41) is 18.6. The van der Waals surface area contributed by atoms with E-state index in [-0.39, 0.29) is 10.8 Å². The molecule has 4 heteroatoms. The highest BCUT2D eigenvalue weighted by Crippen LogP contribution is 2.26. The summed E-state index contributed by atoms with van der Waals surface area (Å²) >= 11 is 5.68. The fourth-order valence-corrected chi connectivity index (χ4v) is 1.20. The van der Waals surface area contributed by atoms with Gasteiger partial charge in [0.15, 0.2) is 0 Å². The van der Waals surface area contributed by atoms with Crippen LogP contribution in [0.2, 0.25) is 5.02 Å². The molecule has 1 rings (SSSR count). The molecule has 0 aliphatic carbocycles. The van der Waals surface area contributed by atoms with E-state index in [2.05, 4.69) is 0 Å². The summed E-state index contributed by atoms with van der Waals surface area (Å²) in [5.74, 6) is 0.0169. The summed E-state index contributed by atoms with van der Waals surface area (Å²) in [7, 11) is 0. The first-order chi connectivity index (χ1) is 6.02. The van der Waals surface area contributed by atoms with E-state index < -0.39 is 12.1 Å². The molecule has 0 radical (unpaired) electrons. The van der Waals surface area contributed by atoms with E-state index in [0.717, 1.165) is 0 Å². The molecule has 0 amide bonds. The highest BCUT2D eigenvalue weighted by Gasteiger charge is 2.12. The molecule has 0 aliphatic heterocycles. The van der Waals surface area contributed by atoms with Gasteiger partial charge in [0.05, 0.1) is 17.2 Å². The average molecular weight is 202 g/mol. The molecule has 0 unspecified atom stereocenters. The Morgan fingerprint density at radius 3 is 2.54 bits per heavy atom. The molecule has 0 aliphatic rings. The van der Waals surface area contributed by atoms with E-state index >= 15 is 0 Å². The smallest absolute Gasteiger partial charge is 0.134 e. The summed E-state index contributed by atoms with van der Waals surface area (Å²) in [4.78, 5) is 0. The van der Waals surface area contributed by atoms with Gasteiger partial charge in [-0.3, -0.25) is 0 Å². The molecule has 3 nitrogen and oxygen atoms in total. The summed E-state index contributed by atoms with van der Waals surface area (Å²) in [6, 6.07) is 4.17. The minimum atomic E-state index is -0.638. The molecule has 72 valence electrons. The van der Waals surface area contributed by atoms with Crippen molar-refractivity contribution in [2.24, 2.45) is 5.73 Å². The number of phenolic OH excluding ortho intramolecular Hbond substituents is 1. The lowest BCUT2D eigenvalue weighted by molar-refractivity contribution is 0.164. The van der Waals surface area contributed by atoms with Crippen molar-refractivity contribution in [2.45, 2.75) is 19.1 Å². The van der Waals surface area contributed by atoms with Crippen LogP contribution in [0.3, 0.4) is 0 Å². The van der Waals surface area contributed by atoms with Gasteiger partial charge in [0.1, 0.15) is 5.75 Å². The Kier molecular flexibility index (Phi) is 3.14. The van der Waals surface area contributed by atoms with E-state index in [1.165, 1.54) is 6.07 Å². The predicted molar refractivity (Wildman–Crippen MR) is 51.7 cm³/mol. The van der Waals surface area contributed by atoms with Gasteiger partial charge in [-0.1, -0.05) is 17.7 Å². The van der Waals surface area contributed by atoms with Crippen LogP contribution in [0.4, 0.5) is 0 Å². The number of nitrogens with two attached hydrogens (primary N) is 1. The maximum absolute atomic E-state index is 9.20. The zero-order valence-corrected chi connectivity index (χ0v) is 7.99. The van der Waals surface area contributed by atoms with Gasteiger partial charge in [-0.05, 0) is 24.6 Å². The molecule has 0 aromatic heterocycles. The molecule has 0 fully saturated rings. The van der Waals surface area contributed by atoms with Crippen molar-refractivity contribution in [1.29, 1.82) is 0 Å². The lowest BCUT2D eigenvalue weighted by Crippen LogP contribution is -2.22. The summed E-state index contributed by atoms with van der Waals surface area (Å²) in [6.07, 6.45) is -0.638. The van der Waals surface area contributed by atoms with Gasteiger partial charge in [0.2, 0.25) is 0 Å². The van der Waals surface area contributed by atoms with E-state index in [9.17, 15) is 5.11 Å². The molecule has 13 heavy (non-hydrogen) atoms. The molecule has 0 saturated carbocycles. The minimum absolute atomic E-state index is 0.0169. The Bertz CT molecular complexity index is 302. The number of rotatable bonds is 2. The SMILES string of the molecule is C[C@H](O)[C@H](N)c1ccc(O)c(Cl)c1. The first-order valence-corrected chi connectivity index (χ1v) is 4.32. The standard InChI is InChI=1S/C9H12ClNO2/c1-5(12)9(11)6-2-3-8(13)7(10)4-6/h2-5,9,12-13H,11H2,1H3/t5-,9-/m0/s1. The third-order valence-corrected chi connectivity index (χ3v) is 2.18. The Labute approximate surface area is 81.8 Å². The molecule has 0 saturated heterocycles. The third-order valence-electron chi connectivity index (χ3n) is 1.88. The first-order valence-electron chi connectivity index (χ1n) is 3.94. The number of phenols is 1. The number of aromatic hydroxyl groups is 1. The quantitative estimate of drug-likeness (QED) is 0.678. The van der Waals surface area contributed by atoms with Gasteiger partial charge in [0, 0.05) is 0 Å². The van der Waals surface area contributed by atoms with Gasteiger partial charge in [-0.25, -0.2) is 0 Å². The normalized spacial score (nSPS) is 15.4. The summed E-state index contributed by atoms with van der Waals surface area (Å²) in [5.41, 5.74) is 6.37. The van der Waals surface area contributed by atoms with Gasteiger partial charge >= 0.3 is 0 Å². The largest absolute Gasteiger partial charge is 0.506 e. The van der Waals surface area contributed by atoms with Gasteiger partial charge < -0.3 is 15.9 Å². The molecule has 2 atom stereocenters. The average Bonchev–Trinajstić information content (AvgIpc) is 2.08. The highest BCUT2D eigenvalue weighted by atomic mass is 35.5. The summed E-state index contributed by atoms with van der Waals surface area (Å²) < 4.78 is 0. The molecule has 0 spiro atoms. The predicted octanol–water partition coefficient (Wildman–Crippen LogP) is 1.43. The van der Waals surface area contributed by atoms with Crippen molar-refractivity contribution in [3.8, 4) is 5.75 Å². The van der Waals surface area contributed by atoms with E-state index in [4.69, 9.17) is 22.4 Å². The van der Waals surface area contributed by atoms with Crippen LogP contribution in [0.5, 0.6) is 5.75 Å². The lowest BCUT2D eigenvalue weighted by atomic mass is 10.0. The molecule has 0 bridgehead atoms. The van der Waals surface area contributed by atoms with Crippen molar-refractivity contribution in [3.63, 3.8) is 0 Å². The van der Waals surface area contributed by atoms with Gasteiger partial charge in [-0.15, -0.1) is 0 Å². The lowest BCUT2D eigenvalue weighted by Gasteiger charge is -2.15. The maximum Gasteiger partial charge on any atom is 0.134 e. The molecule has 0 heterocycles. The molecular formula is C9H12ClNO2. The molecule has 1 aromatic rings. The Balaban J connectivity index is 2.97.